The molecule has 0 saturated carbocycles. The van der Waals surface area contributed by atoms with Crippen LogP contribution in [0.25, 0.3) is 0 Å². The van der Waals surface area contributed by atoms with Crippen LogP contribution in [0.2, 0.25) is 0 Å². The fraction of sp³-hybridized carbons (Fsp3) is 0.625. The molecule has 0 atom stereocenters. The predicted molar refractivity (Wildman–Crippen MR) is 74.3 cm³/mol. The van der Waals surface area contributed by atoms with Gasteiger partial charge >= 0.3 is 6.18 Å². The second-order valence-corrected chi connectivity index (χ2v) is 5.61. The quantitative estimate of drug-likeness (QED) is 0.644. The van der Waals surface area contributed by atoms with E-state index in [1.807, 2.05) is 0 Å². The number of nitrogens with zero attached hydrogens (tertiary/aromatic N) is 1. The average molecular weight is 285 g/mol. The van der Waals surface area contributed by atoms with Crippen LogP contribution in [0, 0.1) is 0 Å². The van der Waals surface area contributed by atoms with E-state index < -0.39 is 12.6 Å². The Morgan fingerprint density at radius 2 is 1.40 bits per heavy atom. The number of fused-ring (bicyclic) bond motifs is 1. The van der Waals surface area contributed by atoms with Gasteiger partial charge in [-0.2, -0.15) is 13.2 Å². The summed E-state index contributed by atoms with van der Waals surface area (Å²) >= 11 is 0. The summed E-state index contributed by atoms with van der Waals surface area (Å²) in [5.74, 6) is 0. The molecule has 0 amide bonds. The smallest absolute Gasteiger partial charge is 0.295 e. The van der Waals surface area contributed by atoms with Crippen molar-refractivity contribution >= 4 is 0 Å². The number of alkyl halides is 3. The zero-order chi connectivity index (χ0) is 14.4. The molecule has 1 nitrogen and oxygen atoms in total. The molecule has 0 spiro atoms. The van der Waals surface area contributed by atoms with Gasteiger partial charge in [-0.25, -0.2) is 0 Å². The molecule has 4 heteroatoms. The zero-order valence-electron chi connectivity index (χ0n) is 11.8. The van der Waals surface area contributed by atoms with Crippen LogP contribution in [0.3, 0.4) is 0 Å². The van der Waals surface area contributed by atoms with Crippen LogP contribution in [-0.4, -0.2) is 17.6 Å². The van der Waals surface area contributed by atoms with Crippen molar-refractivity contribution in [2.75, 3.05) is 6.54 Å². The van der Waals surface area contributed by atoms with Gasteiger partial charge in [0.25, 0.3) is 0 Å². The summed E-state index contributed by atoms with van der Waals surface area (Å²) in [6, 6.07) is 8.49. The number of hydrogen-bond acceptors (Lipinski definition) is 1. The van der Waals surface area contributed by atoms with E-state index in [9.17, 15) is 13.2 Å². The van der Waals surface area contributed by atoms with Crippen LogP contribution in [0.15, 0.2) is 24.3 Å². The van der Waals surface area contributed by atoms with E-state index in [1.54, 1.807) is 0 Å². The molecule has 0 unspecified atom stereocenters. The molecule has 0 N–H and O–H groups in total. The highest BCUT2D eigenvalue weighted by atomic mass is 19.4. The van der Waals surface area contributed by atoms with Crippen LogP contribution in [0.5, 0.6) is 0 Å². The van der Waals surface area contributed by atoms with E-state index >= 15 is 0 Å². The second kappa shape index (κ2) is 7.11. The maximum atomic E-state index is 12.0. The molecule has 1 aliphatic heterocycles. The van der Waals surface area contributed by atoms with Crippen molar-refractivity contribution in [3.8, 4) is 0 Å². The summed E-state index contributed by atoms with van der Waals surface area (Å²) in [7, 11) is 0. The standard InChI is InChI=1S/C16H22F3N/c17-16(18,19)10-6-2-1-3-7-11-20-12-14-8-4-5-9-15(14)13-20/h4-5,8-9H,1-3,6-7,10-13H2. The van der Waals surface area contributed by atoms with Gasteiger partial charge in [-0.05, 0) is 30.5 Å². The molecule has 2 rings (SSSR count). The summed E-state index contributed by atoms with van der Waals surface area (Å²) in [6.07, 6.45) is -0.615. The first-order valence-corrected chi connectivity index (χ1v) is 7.40. The first kappa shape index (κ1) is 15.4. The third-order valence-corrected chi connectivity index (χ3v) is 3.84. The van der Waals surface area contributed by atoms with E-state index in [4.69, 9.17) is 0 Å². The molecular formula is C16H22F3N. The van der Waals surface area contributed by atoms with Crippen molar-refractivity contribution < 1.29 is 13.2 Å². The van der Waals surface area contributed by atoms with Crippen LogP contribution in [-0.2, 0) is 13.1 Å². The molecule has 0 radical (unpaired) electrons. The lowest BCUT2D eigenvalue weighted by Gasteiger charge is -2.14. The Morgan fingerprint density at radius 3 is 2.00 bits per heavy atom. The zero-order valence-corrected chi connectivity index (χ0v) is 11.8. The molecule has 0 bridgehead atoms. The largest absolute Gasteiger partial charge is 0.389 e. The summed E-state index contributed by atoms with van der Waals surface area (Å²) in [5, 5.41) is 0. The molecule has 1 aliphatic rings. The van der Waals surface area contributed by atoms with Gasteiger partial charge in [-0.1, -0.05) is 43.5 Å². The van der Waals surface area contributed by atoms with Crippen LogP contribution in [0.1, 0.15) is 49.7 Å². The number of rotatable bonds is 7. The summed E-state index contributed by atoms with van der Waals surface area (Å²) in [5.41, 5.74) is 2.83. The Bertz CT molecular complexity index is 389. The highest BCUT2D eigenvalue weighted by molar-refractivity contribution is 5.30. The Labute approximate surface area is 118 Å². The molecule has 0 aromatic heterocycles. The SMILES string of the molecule is FC(F)(F)CCCCCCCN1Cc2ccccc2C1. The average Bonchev–Trinajstić information content (AvgIpc) is 2.79. The maximum Gasteiger partial charge on any atom is 0.389 e. The van der Waals surface area contributed by atoms with Crippen LogP contribution >= 0.6 is 0 Å². The molecular weight excluding hydrogens is 263 g/mol. The number of unbranched alkanes of at least 4 members (excludes halogenated alkanes) is 4. The van der Waals surface area contributed by atoms with Crippen LogP contribution < -0.4 is 0 Å². The van der Waals surface area contributed by atoms with Crippen molar-refractivity contribution in [2.45, 2.75) is 57.8 Å². The second-order valence-electron chi connectivity index (χ2n) is 5.61. The molecule has 0 aliphatic carbocycles. The monoisotopic (exact) mass is 285 g/mol. The Morgan fingerprint density at radius 1 is 0.850 bits per heavy atom. The van der Waals surface area contributed by atoms with Crippen LogP contribution in [0.4, 0.5) is 13.2 Å². The van der Waals surface area contributed by atoms with Crippen molar-refractivity contribution in [3.05, 3.63) is 35.4 Å². The molecule has 1 aromatic rings. The normalized spacial score (nSPS) is 15.6. The van der Waals surface area contributed by atoms with Gasteiger partial charge in [0.15, 0.2) is 0 Å². The van der Waals surface area contributed by atoms with E-state index in [2.05, 4.69) is 29.2 Å². The molecule has 1 heterocycles. The van der Waals surface area contributed by atoms with Gasteiger partial charge in [-0.3, -0.25) is 4.90 Å². The Kier molecular flexibility index (Phi) is 5.46. The van der Waals surface area contributed by atoms with Gasteiger partial charge < -0.3 is 0 Å². The van der Waals surface area contributed by atoms with Gasteiger partial charge in [0, 0.05) is 19.5 Å². The topological polar surface area (TPSA) is 3.24 Å². The maximum absolute atomic E-state index is 12.0. The highest BCUT2D eigenvalue weighted by Crippen LogP contribution is 2.24. The van der Waals surface area contributed by atoms with E-state index in [0.29, 0.717) is 6.42 Å². The van der Waals surface area contributed by atoms with Gasteiger partial charge in [0.05, 0.1) is 0 Å². The van der Waals surface area contributed by atoms with Crippen molar-refractivity contribution in [1.82, 2.24) is 4.90 Å². The first-order chi connectivity index (χ1) is 9.54. The minimum atomic E-state index is -3.98. The van der Waals surface area contributed by atoms with E-state index in [0.717, 1.165) is 38.9 Å². The van der Waals surface area contributed by atoms with Gasteiger partial charge in [0.2, 0.25) is 0 Å². The number of hydrogen-bond donors (Lipinski definition) is 0. The minimum absolute atomic E-state index is 0.276. The minimum Gasteiger partial charge on any atom is -0.295 e. The summed E-state index contributed by atoms with van der Waals surface area (Å²) in [6.45, 7) is 3.09. The molecule has 112 valence electrons. The fourth-order valence-electron chi connectivity index (χ4n) is 2.75. The lowest BCUT2D eigenvalue weighted by molar-refractivity contribution is -0.135. The summed E-state index contributed by atoms with van der Waals surface area (Å²) in [4.78, 5) is 2.42. The lowest BCUT2D eigenvalue weighted by atomic mass is 10.1. The Balaban J connectivity index is 1.51. The fourth-order valence-corrected chi connectivity index (χ4v) is 2.75. The predicted octanol–water partition coefficient (Wildman–Crippen LogP) is 4.91. The van der Waals surface area contributed by atoms with Crippen molar-refractivity contribution in [2.24, 2.45) is 0 Å². The molecule has 1 aromatic carbocycles. The number of benzene rings is 1. The first-order valence-electron chi connectivity index (χ1n) is 7.40. The Hall–Kier alpha value is -1.03. The van der Waals surface area contributed by atoms with E-state index in [-0.39, 0.29) is 6.42 Å². The van der Waals surface area contributed by atoms with Gasteiger partial charge in [-0.15, -0.1) is 0 Å². The third kappa shape index (κ3) is 5.16. The van der Waals surface area contributed by atoms with Gasteiger partial charge in [0.1, 0.15) is 0 Å². The molecule has 0 saturated heterocycles. The lowest BCUT2D eigenvalue weighted by Crippen LogP contribution is -2.17. The van der Waals surface area contributed by atoms with E-state index in [1.165, 1.54) is 11.1 Å². The third-order valence-electron chi connectivity index (χ3n) is 3.84. The van der Waals surface area contributed by atoms with Crippen molar-refractivity contribution in [1.29, 1.82) is 0 Å². The number of halogens is 3. The highest BCUT2D eigenvalue weighted by Gasteiger charge is 2.25. The van der Waals surface area contributed by atoms with Crippen molar-refractivity contribution in [3.63, 3.8) is 0 Å². The molecule has 20 heavy (non-hydrogen) atoms. The summed E-state index contributed by atoms with van der Waals surface area (Å²) < 4.78 is 35.9. The molecule has 0 fully saturated rings.